The number of hydrogen-bond donors (Lipinski definition) is 0. The predicted octanol–water partition coefficient (Wildman–Crippen LogP) is 2.07. The second-order valence-electron chi connectivity index (χ2n) is 5.39. The average Bonchev–Trinajstić information content (AvgIpc) is 2.14. The Bertz CT molecular complexity index is 223. The molecule has 4 heteroatoms. The zero-order chi connectivity index (χ0) is 11.8. The molecule has 0 aromatic heterocycles. The highest BCUT2D eigenvalue weighted by atomic mass is 16.7. The van der Waals surface area contributed by atoms with Crippen LogP contribution in [0.25, 0.3) is 0 Å². The van der Waals surface area contributed by atoms with Gasteiger partial charge in [-0.3, -0.25) is 0 Å². The first-order valence-electron chi connectivity index (χ1n) is 6.02. The molecule has 0 aromatic carbocycles. The third-order valence-corrected chi connectivity index (χ3v) is 2.99. The highest BCUT2D eigenvalue weighted by molar-refractivity contribution is 4.80. The Hall–Kier alpha value is -0.160. The van der Waals surface area contributed by atoms with E-state index in [1.54, 1.807) is 0 Å². The standard InChI is InChI=1S/C12H22O4/c1-11(2)13-7-5-9(15-11)10-6-8-14-12(3,4)16-10/h9-10H,5-8H2,1-4H3/t9-,10-/m1/s1. The summed E-state index contributed by atoms with van der Waals surface area (Å²) >= 11 is 0. The summed E-state index contributed by atoms with van der Waals surface area (Å²) in [7, 11) is 0. The van der Waals surface area contributed by atoms with Crippen LogP contribution in [0.15, 0.2) is 0 Å². The van der Waals surface area contributed by atoms with Crippen molar-refractivity contribution in [2.24, 2.45) is 0 Å². The lowest BCUT2D eigenvalue weighted by atomic mass is 10.0. The van der Waals surface area contributed by atoms with Crippen molar-refractivity contribution >= 4 is 0 Å². The van der Waals surface area contributed by atoms with Crippen molar-refractivity contribution in [3.05, 3.63) is 0 Å². The molecule has 2 fully saturated rings. The zero-order valence-corrected chi connectivity index (χ0v) is 10.6. The van der Waals surface area contributed by atoms with Crippen LogP contribution in [0.4, 0.5) is 0 Å². The molecule has 0 bridgehead atoms. The second-order valence-corrected chi connectivity index (χ2v) is 5.39. The lowest BCUT2D eigenvalue weighted by Gasteiger charge is -2.44. The Labute approximate surface area is 97.2 Å². The molecule has 2 saturated heterocycles. The van der Waals surface area contributed by atoms with Crippen molar-refractivity contribution in [1.29, 1.82) is 0 Å². The molecule has 94 valence electrons. The van der Waals surface area contributed by atoms with E-state index < -0.39 is 11.6 Å². The molecule has 0 amide bonds. The van der Waals surface area contributed by atoms with E-state index >= 15 is 0 Å². The van der Waals surface area contributed by atoms with Crippen molar-refractivity contribution in [3.8, 4) is 0 Å². The van der Waals surface area contributed by atoms with Crippen molar-refractivity contribution in [2.75, 3.05) is 13.2 Å². The van der Waals surface area contributed by atoms with Gasteiger partial charge in [0.2, 0.25) is 0 Å². The van der Waals surface area contributed by atoms with Crippen LogP contribution in [0, 0.1) is 0 Å². The smallest absolute Gasteiger partial charge is 0.163 e. The van der Waals surface area contributed by atoms with E-state index in [0.717, 1.165) is 26.1 Å². The van der Waals surface area contributed by atoms with Crippen LogP contribution in [-0.4, -0.2) is 37.0 Å². The topological polar surface area (TPSA) is 36.9 Å². The first-order chi connectivity index (χ1) is 7.38. The maximum absolute atomic E-state index is 5.90. The molecule has 0 N–H and O–H groups in total. The van der Waals surface area contributed by atoms with Crippen LogP contribution in [0.1, 0.15) is 40.5 Å². The summed E-state index contributed by atoms with van der Waals surface area (Å²) in [6, 6.07) is 0. The van der Waals surface area contributed by atoms with E-state index in [-0.39, 0.29) is 12.2 Å². The Kier molecular flexibility index (Phi) is 3.27. The molecule has 16 heavy (non-hydrogen) atoms. The molecule has 2 rings (SSSR count). The molecule has 0 spiro atoms. The molecular formula is C12H22O4. The molecule has 0 saturated carbocycles. The minimum absolute atomic E-state index is 0.118. The van der Waals surface area contributed by atoms with E-state index in [9.17, 15) is 0 Å². The monoisotopic (exact) mass is 230 g/mol. The van der Waals surface area contributed by atoms with Crippen molar-refractivity contribution < 1.29 is 18.9 Å². The van der Waals surface area contributed by atoms with Gasteiger partial charge >= 0.3 is 0 Å². The van der Waals surface area contributed by atoms with Crippen molar-refractivity contribution in [3.63, 3.8) is 0 Å². The van der Waals surface area contributed by atoms with Crippen LogP contribution in [0.5, 0.6) is 0 Å². The van der Waals surface area contributed by atoms with Crippen molar-refractivity contribution in [2.45, 2.75) is 64.3 Å². The quantitative estimate of drug-likeness (QED) is 0.691. The first kappa shape index (κ1) is 12.3. The van der Waals surface area contributed by atoms with Gasteiger partial charge in [0, 0.05) is 0 Å². The van der Waals surface area contributed by atoms with Crippen LogP contribution in [0.2, 0.25) is 0 Å². The van der Waals surface area contributed by atoms with Gasteiger partial charge < -0.3 is 18.9 Å². The van der Waals surface area contributed by atoms with E-state index in [0.29, 0.717) is 0 Å². The van der Waals surface area contributed by atoms with Crippen LogP contribution in [0.3, 0.4) is 0 Å². The molecule has 2 heterocycles. The largest absolute Gasteiger partial charge is 0.350 e. The summed E-state index contributed by atoms with van der Waals surface area (Å²) in [6.07, 6.45) is 2.02. The maximum atomic E-state index is 5.90. The fourth-order valence-electron chi connectivity index (χ4n) is 2.28. The molecule has 0 aromatic rings. The summed E-state index contributed by atoms with van der Waals surface area (Å²) in [5.74, 6) is -0.983. The Morgan fingerprint density at radius 3 is 1.44 bits per heavy atom. The van der Waals surface area contributed by atoms with Gasteiger partial charge in [0.1, 0.15) is 0 Å². The van der Waals surface area contributed by atoms with Crippen molar-refractivity contribution in [1.82, 2.24) is 0 Å². The van der Waals surface area contributed by atoms with E-state index in [1.165, 1.54) is 0 Å². The van der Waals surface area contributed by atoms with Gasteiger partial charge in [-0.25, -0.2) is 0 Å². The summed E-state index contributed by atoms with van der Waals surface area (Å²) in [6.45, 7) is 9.26. The van der Waals surface area contributed by atoms with Crippen LogP contribution < -0.4 is 0 Å². The number of hydrogen-bond acceptors (Lipinski definition) is 4. The highest BCUT2D eigenvalue weighted by Crippen LogP contribution is 2.31. The molecule has 2 aliphatic rings. The van der Waals surface area contributed by atoms with Gasteiger partial charge in [-0.2, -0.15) is 0 Å². The highest BCUT2D eigenvalue weighted by Gasteiger charge is 2.39. The van der Waals surface area contributed by atoms with E-state index in [4.69, 9.17) is 18.9 Å². The molecule has 2 atom stereocenters. The molecule has 4 nitrogen and oxygen atoms in total. The summed E-state index contributed by atoms with van der Waals surface area (Å²) in [4.78, 5) is 0. The lowest BCUT2D eigenvalue weighted by Crippen LogP contribution is -2.51. The fraction of sp³-hybridized carbons (Fsp3) is 1.00. The molecule has 0 aliphatic carbocycles. The molecule has 2 aliphatic heterocycles. The summed E-state index contributed by atoms with van der Waals surface area (Å²) in [5, 5.41) is 0. The second kappa shape index (κ2) is 4.26. The minimum atomic E-state index is -0.491. The normalized spacial score (nSPS) is 38.2. The number of rotatable bonds is 1. The van der Waals surface area contributed by atoms with Gasteiger partial charge in [0.25, 0.3) is 0 Å². The van der Waals surface area contributed by atoms with E-state index in [1.807, 2.05) is 27.7 Å². The maximum Gasteiger partial charge on any atom is 0.163 e. The first-order valence-corrected chi connectivity index (χ1v) is 6.02. The lowest BCUT2D eigenvalue weighted by molar-refractivity contribution is -0.336. The van der Waals surface area contributed by atoms with Gasteiger partial charge in [-0.1, -0.05) is 0 Å². The zero-order valence-electron chi connectivity index (χ0n) is 10.6. The third-order valence-electron chi connectivity index (χ3n) is 2.99. The third kappa shape index (κ3) is 2.94. The van der Waals surface area contributed by atoms with Crippen LogP contribution >= 0.6 is 0 Å². The Balaban J connectivity index is 1.96. The van der Waals surface area contributed by atoms with E-state index in [2.05, 4.69) is 0 Å². The SMILES string of the molecule is CC1(C)OCC[C@H]([C@H]2CCOC(C)(C)O2)O1. The van der Waals surface area contributed by atoms with Gasteiger partial charge in [-0.05, 0) is 40.5 Å². The number of ether oxygens (including phenoxy) is 4. The predicted molar refractivity (Wildman–Crippen MR) is 59.0 cm³/mol. The van der Waals surface area contributed by atoms with Gasteiger partial charge in [-0.15, -0.1) is 0 Å². The molecular weight excluding hydrogens is 208 g/mol. The minimum Gasteiger partial charge on any atom is -0.350 e. The average molecular weight is 230 g/mol. The van der Waals surface area contributed by atoms with Gasteiger partial charge in [0.15, 0.2) is 11.6 Å². The molecule has 0 radical (unpaired) electrons. The Morgan fingerprint density at radius 2 is 1.12 bits per heavy atom. The summed E-state index contributed by atoms with van der Waals surface area (Å²) in [5.41, 5.74) is 0. The summed E-state index contributed by atoms with van der Waals surface area (Å²) < 4.78 is 22.9. The fourth-order valence-corrected chi connectivity index (χ4v) is 2.28. The molecule has 0 unspecified atom stereocenters. The Morgan fingerprint density at radius 1 is 0.750 bits per heavy atom. The van der Waals surface area contributed by atoms with Crippen LogP contribution in [-0.2, 0) is 18.9 Å². The van der Waals surface area contributed by atoms with Gasteiger partial charge in [0.05, 0.1) is 25.4 Å².